The molecule has 1 fully saturated rings. The molecule has 112 valence electrons. The fraction of sp³-hybridized carbons (Fsp3) is 0.933. The normalized spacial score (nSPS) is 18.7. The Hall–Kier alpha value is -0.770. The Bertz CT molecular complexity index is 259. The summed E-state index contributed by atoms with van der Waals surface area (Å²) in [7, 11) is 0. The molecule has 0 aromatic rings. The van der Waals surface area contributed by atoms with Crippen LogP contribution in [0.2, 0.25) is 0 Å². The summed E-state index contributed by atoms with van der Waals surface area (Å²) in [6.45, 7) is 10.7. The number of likely N-dealkylation sites (tertiary alicyclic amines) is 1. The fourth-order valence-corrected chi connectivity index (χ4v) is 2.95. The SMILES string of the molecule is CCOC(=O)N1CCC(NC(C)C(CC)CC)CC1. The molecule has 1 aliphatic rings. The molecule has 1 rings (SSSR count). The zero-order chi connectivity index (χ0) is 14.3. The van der Waals surface area contributed by atoms with E-state index >= 15 is 0 Å². The summed E-state index contributed by atoms with van der Waals surface area (Å²) in [5.41, 5.74) is 0. The number of hydrogen-bond acceptors (Lipinski definition) is 3. The number of nitrogens with zero attached hydrogens (tertiary/aromatic N) is 1. The van der Waals surface area contributed by atoms with Gasteiger partial charge in [0.2, 0.25) is 0 Å². The van der Waals surface area contributed by atoms with Crippen LogP contribution in [0.3, 0.4) is 0 Å². The fourth-order valence-electron chi connectivity index (χ4n) is 2.95. The Morgan fingerprint density at radius 1 is 1.26 bits per heavy atom. The van der Waals surface area contributed by atoms with Crippen LogP contribution in [0.15, 0.2) is 0 Å². The van der Waals surface area contributed by atoms with Gasteiger partial charge in [0.25, 0.3) is 0 Å². The van der Waals surface area contributed by atoms with Crippen molar-refractivity contribution in [3.63, 3.8) is 0 Å². The van der Waals surface area contributed by atoms with Gasteiger partial charge >= 0.3 is 6.09 Å². The van der Waals surface area contributed by atoms with Crippen molar-refractivity contribution >= 4 is 6.09 Å². The van der Waals surface area contributed by atoms with Crippen LogP contribution in [0.1, 0.15) is 53.4 Å². The zero-order valence-electron chi connectivity index (χ0n) is 12.9. The van der Waals surface area contributed by atoms with E-state index in [1.807, 2.05) is 11.8 Å². The molecule has 0 bridgehead atoms. The van der Waals surface area contributed by atoms with Crippen LogP contribution in [0, 0.1) is 5.92 Å². The van der Waals surface area contributed by atoms with E-state index < -0.39 is 0 Å². The number of ether oxygens (including phenoxy) is 1. The summed E-state index contributed by atoms with van der Waals surface area (Å²) in [4.78, 5) is 13.4. The van der Waals surface area contributed by atoms with Crippen LogP contribution in [-0.4, -0.2) is 42.8 Å². The third kappa shape index (κ3) is 5.01. The van der Waals surface area contributed by atoms with Crippen LogP contribution in [0.25, 0.3) is 0 Å². The van der Waals surface area contributed by atoms with Crippen molar-refractivity contribution in [3.05, 3.63) is 0 Å². The summed E-state index contributed by atoms with van der Waals surface area (Å²) in [6.07, 6.45) is 4.36. The molecular weight excluding hydrogens is 240 g/mol. The predicted octanol–water partition coefficient (Wildman–Crippen LogP) is 3.02. The van der Waals surface area contributed by atoms with E-state index in [4.69, 9.17) is 4.74 Å². The maximum Gasteiger partial charge on any atom is 0.409 e. The Morgan fingerprint density at radius 3 is 2.32 bits per heavy atom. The smallest absolute Gasteiger partial charge is 0.409 e. The molecule has 1 N–H and O–H groups in total. The topological polar surface area (TPSA) is 41.6 Å². The highest BCUT2D eigenvalue weighted by Crippen LogP contribution is 2.17. The second-order valence-corrected chi connectivity index (χ2v) is 5.49. The van der Waals surface area contributed by atoms with Crippen molar-refractivity contribution in [2.45, 2.75) is 65.5 Å². The number of rotatable bonds is 6. The van der Waals surface area contributed by atoms with Crippen molar-refractivity contribution in [1.82, 2.24) is 10.2 Å². The zero-order valence-corrected chi connectivity index (χ0v) is 12.9. The Kier molecular flexibility index (Phi) is 7.21. The van der Waals surface area contributed by atoms with Gasteiger partial charge in [-0.05, 0) is 32.6 Å². The van der Waals surface area contributed by atoms with E-state index in [0.717, 1.165) is 31.8 Å². The average Bonchev–Trinajstić information content (AvgIpc) is 2.41. The second-order valence-electron chi connectivity index (χ2n) is 5.49. The standard InChI is InChI=1S/C15H30N2O2/c1-5-13(6-2)12(4)16-14-8-10-17(11-9-14)15(18)19-7-3/h12-14,16H,5-11H2,1-4H3. The molecule has 1 saturated heterocycles. The van der Waals surface area contributed by atoms with Gasteiger partial charge in [-0.15, -0.1) is 0 Å². The second kappa shape index (κ2) is 8.41. The molecule has 4 nitrogen and oxygen atoms in total. The lowest BCUT2D eigenvalue weighted by Gasteiger charge is -2.35. The molecule has 0 radical (unpaired) electrons. The van der Waals surface area contributed by atoms with Gasteiger partial charge in [0.15, 0.2) is 0 Å². The molecule has 1 unspecified atom stereocenters. The molecule has 0 aromatic heterocycles. The maximum absolute atomic E-state index is 11.6. The lowest BCUT2D eigenvalue weighted by Crippen LogP contribution is -2.48. The highest BCUT2D eigenvalue weighted by molar-refractivity contribution is 5.67. The third-order valence-electron chi connectivity index (χ3n) is 4.28. The van der Waals surface area contributed by atoms with Gasteiger partial charge in [-0.3, -0.25) is 0 Å². The van der Waals surface area contributed by atoms with Gasteiger partial charge in [0.05, 0.1) is 6.61 Å². The number of piperidine rings is 1. The lowest BCUT2D eigenvalue weighted by molar-refractivity contribution is 0.0934. The molecule has 1 amide bonds. The van der Waals surface area contributed by atoms with Crippen molar-refractivity contribution in [2.75, 3.05) is 19.7 Å². The van der Waals surface area contributed by atoms with E-state index in [-0.39, 0.29) is 6.09 Å². The Labute approximate surface area is 117 Å². The molecule has 1 heterocycles. The average molecular weight is 270 g/mol. The van der Waals surface area contributed by atoms with Crippen LogP contribution in [0.5, 0.6) is 0 Å². The first-order valence-electron chi connectivity index (χ1n) is 7.80. The molecule has 0 saturated carbocycles. The van der Waals surface area contributed by atoms with E-state index in [9.17, 15) is 4.79 Å². The van der Waals surface area contributed by atoms with E-state index in [0.29, 0.717) is 18.7 Å². The number of carbonyl (C=O) groups is 1. The highest BCUT2D eigenvalue weighted by atomic mass is 16.6. The van der Waals surface area contributed by atoms with Gasteiger partial charge in [-0.2, -0.15) is 0 Å². The number of hydrogen-bond donors (Lipinski definition) is 1. The predicted molar refractivity (Wildman–Crippen MR) is 78.3 cm³/mol. The minimum Gasteiger partial charge on any atom is -0.450 e. The number of amides is 1. The minimum absolute atomic E-state index is 0.158. The van der Waals surface area contributed by atoms with Crippen LogP contribution in [0.4, 0.5) is 4.79 Å². The van der Waals surface area contributed by atoms with Crippen molar-refractivity contribution in [1.29, 1.82) is 0 Å². The first-order valence-corrected chi connectivity index (χ1v) is 7.80. The van der Waals surface area contributed by atoms with Crippen molar-refractivity contribution in [2.24, 2.45) is 5.92 Å². The summed E-state index contributed by atoms with van der Waals surface area (Å²) < 4.78 is 5.04. The summed E-state index contributed by atoms with van der Waals surface area (Å²) in [5, 5.41) is 3.73. The Balaban J connectivity index is 2.32. The van der Waals surface area contributed by atoms with Crippen LogP contribution in [-0.2, 0) is 4.74 Å². The molecule has 0 spiro atoms. The molecule has 19 heavy (non-hydrogen) atoms. The van der Waals surface area contributed by atoms with Gasteiger partial charge in [0, 0.05) is 25.2 Å². The molecule has 1 aliphatic heterocycles. The maximum atomic E-state index is 11.6. The minimum atomic E-state index is -0.158. The summed E-state index contributed by atoms with van der Waals surface area (Å²) in [5.74, 6) is 0.753. The summed E-state index contributed by atoms with van der Waals surface area (Å²) >= 11 is 0. The van der Waals surface area contributed by atoms with Gasteiger partial charge in [-0.1, -0.05) is 26.7 Å². The first-order chi connectivity index (χ1) is 9.12. The summed E-state index contributed by atoms with van der Waals surface area (Å²) in [6, 6.07) is 1.11. The molecular formula is C15H30N2O2. The molecule has 0 aliphatic carbocycles. The van der Waals surface area contributed by atoms with Crippen molar-refractivity contribution in [3.8, 4) is 0 Å². The van der Waals surface area contributed by atoms with E-state index in [1.165, 1.54) is 12.8 Å². The van der Waals surface area contributed by atoms with Gasteiger partial charge in [0.1, 0.15) is 0 Å². The number of nitrogens with one attached hydrogen (secondary N) is 1. The van der Waals surface area contributed by atoms with E-state index in [2.05, 4.69) is 26.1 Å². The van der Waals surface area contributed by atoms with Gasteiger partial charge in [-0.25, -0.2) is 4.79 Å². The molecule has 4 heteroatoms. The quantitative estimate of drug-likeness (QED) is 0.806. The highest BCUT2D eigenvalue weighted by Gasteiger charge is 2.25. The van der Waals surface area contributed by atoms with Crippen molar-refractivity contribution < 1.29 is 9.53 Å². The first kappa shape index (κ1) is 16.3. The third-order valence-corrected chi connectivity index (χ3v) is 4.28. The number of carbonyl (C=O) groups excluding carboxylic acids is 1. The van der Waals surface area contributed by atoms with E-state index in [1.54, 1.807) is 0 Å². The van der Waals surface area contributed by atoms with Crippen LogP contribution >= 0.6 is 0 Å². The monoisotopic (exact) mass is 270 g/mol. The molecule has 0 aromatic carbocycles. The Morgan fingerprint density at radius 2 is 1.84 bits per heavy atom. The largest absolute Gasteiger partial charge is 0.450 e. The van der Waals surface area contributed by atoms with Gasteiger partial charge < -0.3 is 15.0 Å². The lowest BCUT2D eigenvalue weighted by atomic mass is 9.93. The van der Waals surface area contributed by atoms with Crippen LogP contribution < -0.4 is 5.32 Å². The molecule has 1 atom stereocenters.